The van der Waals surface area contributed by atoms with Crippen molar-refractivity contribution in [3.05, 3.63) is 55.3 Å². The molecule has 2 rings (SSSR count). The zero-order valence-corrected chi connectivity index (χ0v) is 16.7. The summed E-state index contributed by atoms with van der Waals surface area (Å²) in [5, 5.41) is 25.2. The molecule has 0 radical (unpaired) electrons. The number of carbonyl (C=O) groups is 1. The second kappa shape index (κ2) is 8.77. The van der Waals surface area contributed by atoms with Gasteiger partial charge in [0.25, 0.3) is 10.8 Å². The van der Waals surface area contributed by atoms with E-state index in [0.717, 1.165) is 20.2 Å². The Morgan fingerprint density at radius 3 is 2.54 bits per heavy atom. The zero-order chi connectivity index (χ0) is 19.3. The lowest BCUT2D eigenvalue weighted by Gasteiger charge is -2.09. The first-order valence-corrected chi connectivity index (χ1v) is 8.87. The third kappa shape index (κ3) is 5.27. The molecule has 4 N–H and O–H groups in total. The number of nitrogens with one attached hydrogen (secondary N) is 2. The van der Waals surface area contributed by atoms with Gasteiger partial charge in [-0.05, 0) is 30.7 Å². The SMILES string of the molecule is Cc1c(Br)cc(NCC(=O)N/N=C\c2cc([N+](=O)O)ccc2O)cc1Br. The third-order valence-corrected chi connectivity index (χ3v) is 5.01. The molecular weight excluding hydrogens is 472 g/mol. The Morgan fingerprint density at radius 1 is 1.27 bits per heavy atom. The second-order valence-electron chi connectivity index (χ2n) is 5.23. The van der Waals surface area contributed by atoms with E-state index in [9.17, 15) is 14.8 Å². The molecule has 0 fully saturated rings. The molecule has 0 aliphatic rings. The van der Waals surface area contributed by atoms with Crippen LogP contribution >= 0.6 is 31.9 Å². The molecular formula is C16H15Br2N4O4+. The molecule has 0 aliphatic heterocycles. The Balaban J connectivity index is 1.94. The number of benzene rings is 2. The van der Waals surface area contributed by atoms with Crippen LogP contribution in [0.3, 0.4) is 0 Å². The Kier molecular flexibility index (Phi) is 6.70. The molecule has 0 spiro atoms. The van der Waals surface area contributed by atoms with Crippen molar-refractivity contribution in [3.63, 3.8) is 0 Å². The summed E-state index contributed by atoms with van der Waals surface area (Å²) < 4.78 is 1.80. The van der Waals surface area contributed by atoms with Gasteiger partial charge in [0.2, 0.25) is 0 Å². The van der Waals surface area contributed by atoms with Gasteiger partial charge in [0, 0.05) is 32.3 Å². The monoisotopic (exact) mass is 485 g/mol. The van der Waals surface area contributed by atoms with E-state index in [0.29, 0.717) is 0 Å². The summed E-state index contributed by atoms with van der Waals surface area (Å²) in [6.45, 7) is 1.93. The maximum Gasteiger partial charge on any atom is 0.317 e. The summed E-state index contributed by atoms with van der Waals surface area (Å²) in [7, 11) is 0. The van der Waals surface area contributed by atoms with Gasteiger partial charge in [-0.2, -0.15) is 5.10 Å². The fourth-order valence-electron chi connectivity index (χ4n) is 1.91. The van der Waals surface area contributed by atoms with E-state index in [4.69, 9.17) is 5.21 Å². The van der Waals surface area contributed by atoms with Crippen molar-refractivity contribution in [2.45, 2.75) is 6.92 Å². The van der Waals surface area contributed by atoms with Crippen molar-refractivity contribution >= 4 is 55.4 Å². The average Bonchev–Trinajstić information content (AvgIpc) is 2.59. The number of hydrogen-bond donors (Lipinski definition) is 4. The second-order valence-corrected chi connectivity index (χ2v) is 6.94. The predicted molar refractivity (Wildman–Crippen MR) is 104 cm³/mol. The predicted octanol–water partition coefficient (Wildman–Crippen LogP) is 3.59. The van der Waals surface area contributed by atoms with Crippen LogP contribution in [0.25, 0.3) is 0 Å². The summed E-state index contributed by atoms with van der Waals surface area (Å²) in [4.78, 5) is 22.3. The average molecular weight is 487 g/mol. The van der Waals surface area contributed by atoms with E-state index < -0.39 is 5.91 Å². The molecule has 0 atom stereocenters. The standard InChI is InChI=1S/C16H14Br2N4O4/c1-9-13(17)5-11(6-14(9)18)19-8-16(24)21-20-7-10-4-12(22(25)26)2-3-15(10)23/h2-7,19H,8H2,1H3,(H2-,20,21,23,24,25,26)/p+1. The molecule has 8 nitrogen and oxygen atoms in total. The van der Waals surface area contributed by atoms with Gasteiger partial charge in [0.15, 0.2) is 0 Å². The molecule has 0 saturated heterocycles. The molecule has 0 unspecified atom stereocenters. The van der Waals surface area contributed by atoms with Gasteiger partial charge in [0.05, 0.1) is 17.7 Å². The highest BCUT2D eigenvalue weighted by molar-refractivity contribution is 9.11. The first kappa shape index (κ1) is 19.9. The minimum Gasteiger partial charge on any atom is -0.507 e. The van der Waals surface area contributed by atoms with E-state index in [-0.39, 0.29) is 28.5 Å². The molecule has 0 saturated carbocycles. The number of hydrogen-bond acceptors (Lipinski definition) is 5. The van der Waals surface area contributed by atoms with Crippen LogP contribution in [0.5, 0.6) is 5.75 Å². The Labute approximate surface area is 165 Å². The van der Waals surface area contributed by atoms with Gasteiger partial charge >= 0.3 is 5.69 Å². The molecule has 136 valence electrons. The first-order valence-electron chi connectivity index (χ1n) is 7.28. The molecule has 0 aliphatic carbocycles. The van der Waals surface area contributed by atoms with Crippen LogP contribution in [0.4, 0.5) is 11.4 Å². The normalized spacial score (nSPS) is 10.7. The highest BCUT2D eigenvalue weighted by atomic mass is 79.9. The summed E-state index contributed by atoms with van der Waals surface area (Å²) in [5.74, 6) is -0.557. The van der Waals surface area contributed by atoms with Gasteiger partial charge in [-0.15, -0.1) is 0 Å². The third-order valence-electron chi connectivity index (χ3n) is 3.36. The number of hydrazone groups is 1. The van der Waals surface area contributed by atoms with Crippen LogP contribution in [0.2, 0.25) is 0 Å². The Hall–Kier alpha value is -2.46. The number of amides is 1. The lowest BCUT2D eigenvalue weighted by molar-refractivity contribution is -0.729. The van der Waals surface area contributed by atoms with Crippen molar-refractivity contribution in [2.75, 3.05) is 11.9 Å². The van der Waals surface area contributed by atoms with Crippen LogP contribution in [-0.4, -0.2) is 33.9 Å². The number of phenols is 1. The molecule has 2 aromatic carbocycles. The Morgan fingerprint density at radius 2 is 1.92 bits per heavy atom. The smallest absolute Gasteiger partial charge is 0.317 e. The minimum atomic E-state index is -0.405. The van der Waals surface area contributed by atoms with Crippen molar-refractivity contribution in [1.29, 1.82) is 0 Å². The lowest BCUT2D eigenvalue weighted by atomic mass is 10.2. The molecule has 2 aromatic rings. The number of halogens is 2. The van der Waals surface area contributed by atoms with E-state index >= 15 is 0 Å². The number of aromatic hydroxyl groups is 1. The van der Waals surface area contributed by atoms with Gasteiger partial charge < -0.3 is 10.4 Å². The maximum absolute atomic E-state index is 11.8. The van der Waals surface area contributed by atoms with Crippen LogP contribution in [0, 0.1) is 11.8 Å². The first-order chi connectivity index (χ1) is 12.3. The minimum absolute atomic E-state index is 0.0176. The number of rotatable bonds is 6. The number of phenolic OH excluding ortho intramolecular Hbond substituents is 1. The van der Waals surface area contributed by atoms with E-state index in [1.807, 2.05) is 19.1 Å². The fourth-order valence-corrected chi connectivity index (χ4v) is 3.09. The summed E-state index contributed by atoms with van der Waals surface area (Å²) in [5.41, 5.74) is 4.18. The molecule has 1 amide bonds. The molecule has 10 heteroatoms. The Bertz CT molecular complexity index is 864. The number of anilines is 1. The largest absolute Gasteiger partial charge is 0.507 e. The fraction of sp³-hybridized carbons (Fsp3) is 0.125. The van der Waals surface area contributed by atoms with Gasteiger partial charge in [-0.3, -0.25) is 4.79 Å². The molecule has 0 aromatic heterocycles. The van der Waals surface area contributed by atoms with Gasteiger partial charge in [-0.1, -0.05) is 31.9 Å². The zero-order valence-electron chi connectivity index (χ0n) is 13.5. The molecule has 26 heavy (non-hydrogen) atoms. The van der Waals surface area contributed by atoms with E-state index in [1.165, 1.54) is 24.4 Å². The lowest BCUT2D eigenvalue weighted by Crippen LogP contribution is -2.25. The summed E-state index contributed by atoms with van der Waals surface area (Å²) >= 11 is 6.87. The van der Waals surface area contributed by atoms with E-state index in [2.05, 4.69) is 47.7 Å². The van der Waals surface area contributed by atoms with E-state index in [1.54, 1.807) is 0 Å². The number of nitrogens with zero attached hydrogens (tertiary/aromatic N) is 2. The van der Waals surface area contributed by atoms with Crippen LogP contribution < -0.4 is 10.7 Å². The van der Waals surface area contributed by atoms with Crippen LogP contribution in [-0.2, 0) is 4.79 Å². The van der Waals surface area contributed by atoms with Crippen molar-refractivity contribution < 1.29 is 20.0 Å². The van der Waals surface area contributed by atoms with Crippen molar-refractivity contribution in [1.82, 2.24) is 5.43 Å². The highest BCUT2D eigenvalue weighted by Crippen LogP contribution is 2.28. The summed E-state index contributed by atoms with van der Waals surface area (Å²) in [6, 6.07) is 7.39. The van der Waals surface area contributed by atoms with Crippen molar-refractivity contribution in [3.8, 4) is 5.75 Å². The molecule has 0 heterocycles. The topological polar surface area (TPSA) is 114 Å². The maximum atomic E-state index is 11.8. The summed E-state index contributed by atoms with van der Waals surface area (Å²) in [6.07, 6.45) is 1.17. The van der Waals surface area contributed by atoms with Crippen LogP contribution in [0.1, 0.15) is 11.1 Å². The highest BCUT2D eigenvalue weighted by Gasteiger charge is 2.13. The number of carbonyl (C=O) groups excluding carboxylic acids is 1. The van der Waals surface area contributed by atoms with Gasteiger partial charge in [0.1, 0.15) is 5.75 Å². The quantitative estimate of drug-likeness (QED) is 0.368. The van der Waals surface area contributed by atoms with Gasteiger partial charge in [-0.25, -0.2) is 10.6 Å². The van der Waals surface area contributed by atoms with Crippen molar-refractivity contribution in [2.24, 2.45) is 5.10 Å². The molecule has 0 bridgehead atoms. The van der Waals surface area contributed by atoms with Crippen LogP contribution in [0.15, 0.2) is 44.4 Å².